The molecule has 0 radical (unpaired) electrons. The topological polar surface area (TPSA) is 25.2 Å². The number of hydrogen-bond acceptors (Lipinski definition) is 2. The predicted molar refractivity (Wildman–Crippen MR) is 79.9 cm³/mol. The first-order chi connectivity index (χ1) is 9.20. The summed E-state index contributed by atoms with van der Waals surface area (Å²) in [6.07, 6.45) is 3.56. The van der Waals surface area contributed by atoms with Crippen LogP contribution in [0.15, 0.2) is 41.0 Å². The van der Waals surface area contributed by atoms with Crippen molar-refractivity contribution < 1.29 is 4.42 Å². The summed E-state index contributed by atoms with van der Waals surface area (Å²) in [7, 11) is 0. The lowest BCUT2D eigenvalue weighted by Crippen LogP contribution is -2.21. The van der Waals surface area contributed by atoms with Gasteiger partial charge >= 0.3 is 0 Å². The standard InChI is InChI=1S/C15H17Cl2NO/c1-2-18-15(8-6-12-4-3-9-19-12)11-5-7-13(16)14(17)10-11/h3-5,7,9-10,15,18H,2,6,8H2,1H3. The number of benzene rings is 1. The Bertz CT molecular complexity index is 511. The Morgan fingerprint density at radius 3 is 2.68 bits per heavy atom. The smallest absolute Gasteiger partial charge is 0.103 e. The maximum Gasteiger partial charge on any atom is 0.103 e. The summed E-state index contributed by atoms with van der Waals surface area (Å²) in [5, 5.41) is 4.65. The third-order valence-corrected chi connectivity index (χ3v) is 3.80. The van der Waals surface area contributed by atoms with Gasteiger partial charge in [0.2, 0.25) is 0 Å². The Morgan fingerprint density at radius 1 is 1.21 bits per heavy atom. The Morgan fingerprint density at radius 2 is 2.05 bits per heavy atom. The van der Waals surface area contributed by atoms with Gasteiger partial charge in [0.15, 0.2) is 0 Å². The monoisotopic (exact) mass is 297 g/mol. The molecule has 2 nitrogen and oxygen atoms in total. The molecule has 2 aromatic rings. The SMILES string of the molecule is CCNC(CCc1ccco1)c1ccc(Cl)c(Cl)c1. The number of rotatable bonds is 6. The average molecular weight is 298 g/mol. The van der Waals surface area contributed by atoms with Gasteiger partial charge in [0, 0.05) is 12.5 Å². The molecule has 0 aliphatic rings. The Kier molecular flexibility index (Phi) is 5.32. The second kappa shape index (κ2) is 6.99. The van der Waals surface area contributed by atoms with E-state index in [9.17, 15) is 0 Å². The maximum atomic E-state index is 6.08. The minimum Gasteiger partial charge on any atom is -0.469 e. The number of halogens is 2. The number of aryl methyl sites for hydroxylation is 1. The van der Waals surface area contributed by atoms with E-state index in [1.54, 1.807) is 6.26 Å². The molecule has 0 saturated carbocycles. The fourth-order valence-electron chi connectivity index (χ4n) is 2.10. The lowest BCUT2D eigenvalue weighted by molar-refractivity contribution is 0.458. The normalized spacial score (nSPS) is 12.6. The fraction of sp³-hybridized carbons (Fsp3) is 0.333. The largest absolute Gasteiger partial charge is 0.469 e. The van der Waals surface area contributed by atoms with Crippen molar-refractivity contribution in [2.24, 2.45) is 0 Å². The molecule has 2 rings (SSSR count). The van der Waals surface area contributed by atoms with Crippen LogP contribution in [0.4, 0.5) is 0 Å². The van der Waals surface area contributed by atoms with Crippen LogP contribution in [-0.4, -0.2) is 6.54 Å². The molecule has 102 valence electrons. The molecule has 1 atom stereocenters. The lowest BCUT2D eigenvalue weighted by atomic mass is 10.0. The van der Waals surface area contributed by atoms with Gasteiger partial charge in [-0.2, -0.15) is 0 Å². The zero-order valence-corrected chi connectivity index (χ0v) is 12.3. The van der Waals surface area contributed by atoms with E-state index in [-0.39, 0.29) is 6.04 Å². The molecule has 0 fully saturated rings. The molecule has 1 aromatic carbocycles. The highest BCUT2D eigenvalue weighted by atomic mass is 35.5. The minimum atomic E-state index is 0.255. The molecule has 1 N–H and O–H groups in total. The van der Waals surface area contributed by atoms with E-state index in [0.29, 0.717) is 10.0 Å². The molecular weight excluding hydrogens is 281 g/mol. The van der Waals surface area contributed by atoms with Gasteiger partial charge in [-0.25, -0.2) is 0 Å². The first-order valence-corrected chi connectivity index (χ1v) is 7.17. The summed E-state index contributed by atoms with van der Waals surface area (Å²) in [5.41, 5.74) is 1.16. The van der Waals surface area contributed by atoms with E-state index in [2.05, 4.69) is 12.2 Å². The van der Waals surface area contributed by atoms with Crippen LogP contribution >= 0.6 is 23.2 Å². The Balaban J connectivity index is 2.07. The van der Waals surface area contributed by atoms with Crippen LogP contribution in [0.5, 0.6) is 0 Å². The summed E-state index contributed by atoms with van der Waals surface area (Å²) in [5.74, 6) is 1.00. The molecule has 0 bridgehead atoms. The molecular formula is C15H17Cl2NO. The number of hydrogen-bond donors (Lipinski definition) is 1. The molecule has 1 aromatic heterocycles. The zero-order chi connectivity index (χ0) is 13.7. The number of furan rings is 1. The molecule has 0 aliphatic heterocycles. The van der Waals surface area contributed by atoms with Gasteiger partial charge in [-0.05, 0) is 42.8 Å². The summed E-state index contributed by atoms with van der Waals surface area (Å²) in [6.45, 7) is 3.00. The average Bonchev–Trinajstić information content (AvgIpc) is 2.91. The van der Waals surface area contributed by atoms with Crippen LogP contribution in [0.3, 0.4) is 0 Å². The molecule has 0 aliphatic carbocycles. The van der Waals surface area contributed by atoms with Crippen molar-refractivity contribution in [2.45, 2.75) is 25.8 Å². The summed E-state index contributed by atoms with van der Waals surface area (Å²) in [6, 6.07) is 9.96. The fourth-order valence-corrected chi connectivity index (χ4v) is 2.41. The molecule has 1 heterocycles. The molecule has 1 unspecified atom stereocenters. The van der Waals surface area contributed by atoms with Gasteiger partial charge in [0.1, 0.15) is 5.76 Å². The summed E-state index contributed by atoms with van der Waals surface area (Å²) < 4.78 is 5.37. The van der Waals surface area contributed by atoms with E-state index in [1.165, 1.54) is 0 Å². The third-order valence-electron chi connectivity index (χ3n) is 3.06. The Hall–Kier alpha value is -0.960. The van der Waals surface area contributed by atoms with Gasteiger partial charge in [-0.15, -0.1) is 0 Å². The molecule has 0 spiro atoms. The van der Waals surface area contributed by atoms with Crippen LogP contribution in [-0.2, 0) is 6.42 Å². The van der Waals surface area contributed by atoms with E-state index in [4.69, 9.17) is 27.6 Å². The molecule has 19 heavy (non-hydrogen) atoms. The summed E-state index contributed by atoms with van der Waals surface area (Å²) >= 11 is 12.0. The van der Waals surface area contributed by atoms with Crippen molar-refractivity contribution in [3.8, 4) is 0 Å². The van der Waals surface area contributed by atoms with Crippen molar-refractivity contribution in [1.29, 1.82) is 0 Å². The van der Waals surface area contributed by atoms with E-state index >= 15 is 0 Å². The molecule has 0 amide bonds. The molecule has 4 heteroatoms. The van der Waals surface area contributed by atoms with E-state index < -0.39 is 0 Å². The van der Waals surface area contributed by atoms with Crippen LogP contribution < -0.4 is 5.32 Å². The summed E-state index contributed by atoms with van der Waals surface area (Å²) in [4.78, 5) is 0. The second-order valence-electron chi connectivity index (χ2n) is 4.40. The van der Waals surface area contributed by atoms with Gasteiger partial charge in [-0.3, -0.25) is 0 Å². The van der Waals surface area contributed by atoms with Crippen LogP contribution in [0.1, 0.15) is 30.7 Å². The van der Waals surface area contributed by atoms with Crippen molar-refractivity contribution in [1.82, 2.24) is 5.32 Å². The molecule has 0 saturated heterocycles. The quantitative estimate of drug-likeness (QED) is 0.823. The van der Waals surface area contributed by atoms with E-state index in [1.807, 2.05) is 30.3 Å². The van der Waals surface area contributed by atoms with Gasteiger partial charge in [0.05, 0.1) is 16.3 Å². The van der Waals surface area contributed by atoms with Crippen molar-refractivity contribution >= 4 is 23.2 Å². The van der Waals surface area contributed by atoms with Crippen molar-refractivity contribution in [3.63, 3.8) is 0 Å². The Labute approximate surface area is 123 Å². The highest BCUT2D eigenvalue weighted by Crippen LogP contribution is 2.27. The second-order valence-corrected chi connectivity index (χ2v) is 5.22. The first-order valence-electron chi connectivity index (χ1n) is 6.41. The number of nitrogens with one attached hydrogen (secondary N) is 1. The van der Waals surface area contributed by atoms with Gasteiger partial charge < -0.3 is 9.73 Å². The highest BCUT2D eigenvalue weighted by molar-refractivity contribution is 6.42. The third kappa shape index (κ3) is 4.00. The zero-order valence-electron chi connectivity index (χ0n) is 10.8. The predicted octanol–water partition coefficient (Wildman–Crippen LogP) is 4.87. The minimum absolute atomic E-state index is 0.255. The van der Waals surface area contributed by atoms with Crippen LogP contribution in [0, 0.1) is 0 Å². The first kappa shape index (κ1) is 14.4. The maximum absolute atomic E-state index is 6.08. The van der Waals surface area contributed by atoms with Gasteiger partial charge in [-0.1, -0.05) is 36.2 Å². The van der Waals surface area contributed by atoms with Crippen molar-refractivity contribution in [2.75, 3.05) is 6.54 Å². The lowest BCUT2D eigenvalue weighted by Gasteiger charge is -2.18. The van der Waals surface area contributed by atoms with Crippen LogP contribution in [0.25, 0.3) is 0 Å². The van der Waals surface area contributed by atoms with Gasteiger partial charge in [0.25, 0.3) is 0 Å². The van der Waals surface area contributed by atoms with Crippen molar-refractivity contribution in [3.05, 3.63) is 58.0 Å². The van der Waals surface area contributed by atoms with E-state index in [0.717, 1.165) is 30.7 Å². The highest BCUT2D eigenvalue weighted by Gasteiger charge is 2.12. The van der Waals surface area contributed by atoms with Crippen LogP contribution in [0.2, 0.25) is 10.0 Å².